The molecule has 0 radical (unpaired) electrons. The Morgan fingerprint density at radius 3 is 2.41 bits per heavy atom. The van der Waals surface area contributed by atoms with E-state index in [1.807, 2.05) is 49.5 Å². The van der Waals surface area contributed by atoms with Crippen molar-refractivity contribution in [2.24, 2.45) is 4.99 Å². The van der Waals surface area contributed by atoms with Gasteiger partial charge in [0.1, 0.15) is 17.6 Å². The van der Waals surface area contributed by atoms with Crippen LogP contribution < -0.4 is 14.8 Å². The van der Waals surface area contributed by atoms with E-state index in [1.54, 1.807) is 7.11 Å². The molecule has 0 spiro atoms. The van der Waals surface area contributed by atoms with Crippen LogP contribution in [0.5, 0.6) is 11.5 Å². The Labute approximate surface area is 191 Å². The normalized spacial score (nSPS) is 16.0. The fraction of sp³-hybridized carbons (Fsp3) is 0.435. The van der Waals surface area contributed by atoms with Crippen molar-refractivity contribution in [1.29, 1.82) is 0 Å². The van der Waals surface area contributed by atoms with Crippen molar-refractivity contribution in [3.63, 3.8) is 0 Å². The minimum Gasteiger partial charge on any atom is -0.496 e. The first kappa shape index (κ1) is 23.3. The molecule has 1 atom stereocenters. The van der Waals surface area contributed by atoms with Crippen LogP contribution in [0.2, 0.25) is 0 Å². The second-order valence-corrected chi connectivity index (χ2v) is 7.19. The van der Waals surface area contributed by atoms with Crippen molar-refractivity contribution < 1.29 is 9.47 Å². The maximum Gasteiger partial charge on any atom is 0.193 e. The van der Waals surface area contributed by atoms with E-state index in [2.05, 4.69) is 34.3 Å². The van der Waals surface area contributed by atoms with Crippen LogP contribution in [-0.2, 0) is 0 Å². The average molecular weight is 509 g/mol. The zero-order valence-corrected chi connectivity index (χ0v) is 19.8. The largest absolute Gasteiger partial charge is 0.496 e. The monoisotopic (exact) mass is 509 g/mol. The smallest absolute Gasteiger partial charge is 0.193 e. The van der Waals surface area contributed by atoms with Crippen molar-refractivity contribution in [1.82, 2.24) is 10.2 Å². The van der Waals surface area contributed by atoms with Gasteiger partial charge in [-0.1, -0.05) is 43.3 Å². The molecule has 1 aliphatic heterocycles. The van der Waals surface area contributed by atoms with Crippen LogP contribution >= 0.6 is 24.0 Å². The van der Waals surface area contributed by atoms with E-state index in [0.717, 1.165) is 49.9 Å². The van der Waals surface area contributed by atoms with Gasteiger partial charge in [0.2, 0.25) is 0 Å². The molecular weight excluding hydrogens is 477 g/mol. The van der Waals surface area contributed by atoms with Gasteiger partial charge in [0.25, 0.3) is 0 Å². The number of ether oxygens (including phenoxy) is 2. The zero-order valence-electron chi connectivity index (χ0n) is 17.5. The molecule has 1 saturated heterocycles. The zero-order chi connectivity index (χ0) is 19.8. The first-order chi connectivity index (χ1) is 13.7. The van der Waals surface area contributed by atoms with Gasteiger partial charge in [0, 0.05) is 45.4 Å². The van der Waals surface area contributed by atoms with Gasteiger partial charge in [-0.3, -0.25) is 4.99 Å². The number of piperidine rings is 1. The van der Waals surface area contributed by atoms with Crippen molar-refractivity contribution in [3.8, 4) is 11.5 Å². The van der Waals surface area contributed by atoms with E-state index in [-0.39, 0.29) is 30.1 Å². The molecule has 1 fully saturated rings. The lowest BCUT2D eigenvalue weighted by atomic mass is 10.00. The Balaban J connectivity index is 0.00000300. The summed E-state index contributed by atoms with van der Waals surface area (Å²) < 4.78 is 11.6. The van der Waals surface area contributed by atoms with Gasteiger partial charge >= 0.3 is 0 Å². The van der Waals surface area contributed by atoms with E-state index in [9.17, 15) is 0 Å². The van der Waals surface area contributed by atoms with Crippen LogP contribution in [0.1, 0.15) is 31.2 Å². The third-order valence-electron chi connectivity index (χ3n) is 5.24. The summed E-state index contributed by atoms with van der Waals surface area (Å²) in [5.74, 6) is 3.17. The fourth-order valence-electron chi connectivity index (χ4n) is 3.64. The predicted octanol–water partition coefficient (Wildman–Crippen LogP) is 4.54. The second-order valence-electron chi connectivity index (χ2n) is 7.19. The summed E-state index contributed by atoms with van der Waals surface area (Å²) in [6, 6.07) is 18.3. The first-order valence-electron chi connectivity index (χ1n) is 10.0. The molecule has 29 heavy (non-hydrogen) atoms. The Morgan fingerprint density at radius 2 is 1.76 bits per heavy atom. The molecule has 0 saturated carbocycles. The molecule has 0 amide bonds. The van der Waals surface area contributed by atoms with Gasteiger partial charge in [-0.05, 0) is 23.8 Å². The number of benzene rings is 2. The molecule has 1 N–H and O–H groups in total. The SMILES string of the molecule is CN=C(NCC(C)c1ccccc1OC)N1CCC(Oc2ccccc2)CC1.I. The minimum absolute atomic E-state index is 0. The lowest BCUT2D eigenvalue weighted by molar-refractivity contribution is 0.129. The molecule has 1 heterocycles. The Kier molecular flexibility index (Phi) is 9.57. The molecule has 6 heteroatoms. The van der Waals surface area contributed by atoms with Crippen LogP contribution in [0.4, 0.5) is 0 Å². The van der Waals surface area contributed by atoms with Crippen LogP contribution in [-0.4, -0.2) is 50.8 Å². The van der Waals surface area contributed by atoms with Gasteiger partial charge in [0.15, 0.2) is 5.96 Å². The quantitative estimate of drug-likeness (QED) is 0.353. The van der Waals surface area contributed by atoms with E-state index in [0.29, 0.717) is 5.92 Å². The highest BCUT2D eigenvalue weighted by Crippen LogP contribution is 2.25. The Hall–Kier alpha value is -1.96. The number of nitrogens with zero attached hydrogens (tertiary/aromatic N) is 2. The third-order valence-corrected chi connectivity index (χ3v) is 5.24. The van der Waals surface area contributed by atoms with E-state index in [1.165, 1.54) is 5.56 Å². The van der Waals surface area contributed by atoms with Crippen molar-refractivity contribution in [3.05, 3.63) is 60.2 Å². The number of hydrogen-bond acceptors (Lipinski definition) is 3. The lowest BCUT2D eigenvalue weighted by Crippen LogP contribution is -2.48. The highest BCUT2D eigenvalue weighted by molar-refractivity contribution is 14.0. The summed E-state index contributed by atoms with van der Waals surface area (Å²) in [4.78, 5) is 6.81. The van der Waals surface area contributed by atoms with Gasteiger partial charge < -0.3 is 19.7 Å². The van der Waals surface area contributed by atoms with Crippen LogP contribution in [0.25, 0.3) is 0 Å². The molecule has 158 valence electrons. The summed E-state index contributed by atoms with van der Waals surface area (Å²) in [7, 11) is 3.57. The van der Waals surface area contributed by atoms with Crippen molar-refractivity contribution in [2.45, 2.75) is 31.8 Å². The summed E-state index contributed by atoms with van der Waals surface area (Å²) in [5, 5.41) is 3.53. The number of para-hydroxylation sites is 2. The molecule has 2 aromatic rings. The molecule has 0 aromatic heterocycles. The second kappa shape index (κ2) is 11.9. The van der Waals surface area contributed by atoms with E-state index >= 15 is 0 Å². The minimum atomic E-state index is 0. The summed E-state index contributed by atoms with van der Waals surface area (Å²) in [6.07, 6.45) is 2.26. The maximum atomic E-state index is 6.10. The van der Waals surface area contributed by atoms with Gasteiger partial charge in [-0.25, -0.2) is 0 Å². The van der Waals surface area contributed by atoms with Gasteiger partial charge in [0.05, 0.1) is 7.11 Å². The van der Waals surface area contributed by atoms with E-state index in [4.69, 9.17) is 9.47 Å². The van der Waals surface area contributed by atoms with Crippen LogP contribution in [0.15, 0.2) is 59.6 Å². The molecule has 3 rings (SSSR count). The van der Waals surface area contributed by atoms with Crippen LogP contribution in [0, 0.1) is 0 Å². The standard InChI is InChI=1S/C23H31N3O2.HI/c1-18(21-11-7-8-12-22(21)27-3)17-25-23(24-2)26-15-13-20(14-16-26)28-19-9-5-4-6-10-19;/h4-12,18,20H,13-17H2,1-3H3,(H,24,25);1H. The number of methoxy groups -OCH3 is 1. The summed E-state index contributed by atoms with van der Waals surface area (Å²) in [6.45, 7) is 4.91. The number of hydrogen-bond donors (Lipinski definition) is 1. The number of aliphatic imine (C=N–C) groups is 1. The molecule has 0 aliphatic carbocycles. The van der Waals surface area contributed by atoms with Crippen molar-refractivity contribution >= 4 is 29.9 Å². The maximum absolute atomic E-state index is 6.10. The molecule has 5 nitrogen and oxygen atoms in total. The van der Waals surface area contributed by atoms with Crippen molar-refractivity contribution in [2.75, 3.05) is 33.8 Å². The number of halogens is 1. The Morgan fingerprint density at radius 1 is 1.10 bits per heavy atom. The Bertz CT molecular complexity index is 762. The van der Waals surface area contributed by atoms with Crippen LogP contribution in [0.3, 0.4) is 0 Å². The highest BCUT2D eigenvalue weighted by Gasteiger charge is 2.23. The number of nitrogens with one attached hydrogen (secondary N) is 1. The predicted molar refractivity (Wildman–Crippen MR) is 130 cm³/mol. The van der Waals surface area contributed by atoms with Gasteiger partial charge in [-0.2, -0.15) is 0 Å². The summed E-state index contributed by atoms with van der Waals surface area (Å²) in [5.41, 5.74) is 1.21. The molecule has 1 unspecified atom stereocenters. The molecule has 0 bridgehead atoms. The summed E-state index contributed by atoms with van der Waals surface area (Å²) >= 11 is 0. The topological polar surface area (TPSA) is 46.1 Å². The molecular formula is C23H32IN3O2. The number of guanidine groups is 1. The highest BCUT2D eigenvalue weighted by atomic mass is 127. The first-order valence-corrected chi connectivity index (χ1v) is 10.0. The molecule has 2 aromatic carbocycles. The van der Waals surface area contributed by atoms with E-state index < -0.39 is 0 Å². The fourth-order valence-corrected chi connectivity index (χ4v) is 3.64. The average Bonchev–Trinajstić information content (AvgIpc) is 2.75. The molecule has 1 aliphatic rings. The number of likely N-dealkylation sites (tertiary alicyclic amines) is 1. The lowest BCUT2D eigenvalue weighted by Gasteiger charge is -2.34. The third kappa shape index (κ3) is 6.52. The van der Waals surface area contributed by atoms with Gasteiger partial charge in [-0.15, -0.1) is 24.0 Å². The number of rotatable bonds is 6.